The summed E-state index contributed by atoms with van der Waals surface area (Å²) in [6, 6.07) is 52.3. The van der Waals surface area contributed by atoms with Crippen molar-refractivity contribution < 1.29 is 14.0 Å². The van der Waals surface area contributed by atoms with Gasteiger partial charge in [0, 0.05) is 43.7 Å². The van der Waals surface area contributed by atoms with Crippen LogP contribution in [0.5, 0.6) is 0 Å². The van der Waals surface area contributed by atoms with Gasteiger partial charge in [-0.2, -0.15) is 0 Å². The number of fused-ring (bicyclic) bond motifs is 9. The maximum Gasteiger partial charge on any atom is 0.135 e. The Morgan fingerprint density at radius 1 is 0.368 bits per heavy atom. The third kappa shape index (κ3) is 4.92. The van der Waals surface area contributed by atoms with Crippen LogP contribution in [0, 0.1) is 0 Å². The SMILES string of the molecule is [2H]c1c([2H])c([2H])c2c(c1[2H])c1c([2H])c(-c3ccc4c(c3)c3c(-c5ccccc5)cccc3n4-c3cccc(-c4ccccc4)c3)c([2H])c([2H])c1n2-c1ccc2oc3ccccc3c2c1. The normalized spacial score (nSPS) is 13.6. The maximum atomic E-state index is 9.98. The third-order valence-electron chi connectivity index (χ3n) is 11.2. The lowest BCUT2D eigenvalue weighted by atomic mass is 9.97. The molecular formula is C54H34N2O. The fourth-order valence-corrected chi connectivity index (χ4v) is 8.59. The Kier molecular flexibility index (Phi) is 5.56. The zero-order chi connectivity index (χ0) is 43.5. The van der Waals surface area contributed by atoms with E-state index in [0.717, 1.165) is 60.5 Å². The Morgan fingerprint density at radius 3 is 1.96 bits per heavy atom. The number of furan rings is 1. The lowest BCUT2D eigenvalue weighted by Crippen LogP contribution is -1.94. The van der Waals surface area contributed by atoms with E-state index in [1.54, 1.807) is 10.6 Å². The van der Waals surface area contributed by atoms with Crippen LogP contribution in [0.3, 0.4) is 0 Å². The molecule has 0 spiro atoms. The molecule has 0 aliphatic rings. The molecule has 0 saturated carbocycles. The first kappa shape index (κ1) is 25.5. The van der Waals surface area contributed by atoms with Gasteiger partial charge in [-0.1, -0.05) is 133 Å². The Balaban J connectivity index is 1.16. The van der Waals surface area contributed by atoms with E-state index >= 15 is 0 Å². The lowest BCUT2D eigenvalue weighted by Gasteiger charge is -2.11. The zero-order valence-corrected chi connectivity index (χ0v) is 30.4. The van der Waals surface area contributed by atoms with Gasteiger partial charge < -0.3 is 13.6 Å². The number of hydrogen-bond donors (Lipinski definition) is 0. The van der Waals surface area contributed by atoms with Gasteiger partial charge in [0.05, 0.1) is 31.7 Å². The van der Waals surface area contributed by atoms with E-state index in [1.165, 1.54) is 0 Å². The predicted octanol–water partition coefficient (Wildman–Crippen LogP) is 14.8. The molecule has 3 heteroatoms. The van der Waals surface area contributed by atoms with E-state index in [4.69, 9.17) is 7.16 Å². The van der Waals surface area contributed by atoms with Crippen molar-refractivity contribution in [2.75, 3.05) is 0 Å². The number of aromatic nitrogens is 2. The largest absolute Gasteiger partial charge is 0.456 e. The molecule has 9 aromatic carbocycles. The van der Waals surface area contributed by atoms with Crippen molar-refractivity contribution in [3.63, 3.8) is 0 Å². The van der Waals surface area contributed by atoms with Gasteiger partial charge in [0.15, 0.2) is 0 Å². The van der Waals surface area contributed by atoms with Crippen LogP contribution in [0.2, 0.25) is 0 Å². The van der Waals surface area contributed by atoms with Crippen molar-refractivity contribution in [1.82, 2.24) is 9.13 Å². The van der Waals surface area contributed by atoms with E-state index in [0.29, 0.717) is 22.4 Å². The molecule has 0 fully saturated rings. The van der Waals surface area contributed by atoms with Crippen LogP contribution in [0.15, 0.2) is 211 Å². The molecule has 0 saturated heterocycles. The Morgan fingerprint density at radius 2 is 1.07 bits per heavy atom. The molecule has 0 aliphatic carbocycles. The molecule has 0 bridgehead atoms. The van der Waals surface area contributed by atoms with Crippen LogP contribution in [0.1, 0.15) is 9.60 Å². The van der Waals surface area contributed by atoms with Gasteiger partial charge in [-0.25, -0.2) is 0 Å². The van der Waals surface area contributed by atoms with Gasteiger partial charge >= 0.3 is 0 Å². The number of nitrogens with zero attached hydrogens (tertiary/aromatic N) is 2. The summed E-state index contributed by atoms with van der Waals surface area (Å²) in [6.45, 7) is 0. The minimum atomic E-state index is -0.436. The standard InChI is InChI=1S/C54H34N2O/c1-3-13-35(14-4-1)37-17-11-18-40(31-37)56-50-29-26-39(33-47(50)54-42(21-12-23-51(54)56)36-15-5-2-6-16-36)38-25-28-49-45(32-38)43-19-7-9-22-48(43)55(49)41-27-30-53-46(34-41)44-20-8-10-24-52(44)57-53/h1-34H/i7D,9D,19D,22D,25D,28D,32D. The molecule has 3 heterocycles. The number of benzene rings is 9. The van der Waals surface area contributed by atoms with Crippen molar-refractivity contribution >= 4 is 65.6 Å². The van der Waals surface area contributed by atoms with Gasteiger partial charge in [-0.15, -0.1) is 0 Å². The van der Waals surface area contributed by atoms with Crippen LogP contribution < -0.4 is 0 Å². The fraction of sp³-hybridized carbons (Fsp3) is 0. The molecule has 3 aromatic heterocycles. The molecule has 0 amide bonds. The van der Waals surface area contributed by atoms with Gasteiger partial charge in [-0.3, -0.25) is 0 Å². The summed E-state index contributed by atoms with van der Waals surface area (Å²) >= 11 is 0. The first-order chi connectivity index (χ1) is 31.2. The molecule has 57 heavy (non-hydrogen) atoms. The molecule has 12 aromatic rings. The number of hydrogen-bond acceptors (Lipinski definition) is 1. The highest BCUT2D eigenvalue weighted by Crippen LogP contribution is 2.42. The van der Waals surface area contributed by atoms with Crippen LogP contribution in [0.25, 0.3) is 110 Å². The summed E-state index contributed by atoms with van der Waals surface area (Å²) in [5.74, 6) is 0. The first-order valence-corrected chi connectivity index (χ1v) is 18.9. The second-order valence-electron chi connectivity index (χ2n) is 14.4. The van der Waals surface area contributed by atoms with Crippen molar-refractivity contribution in [2.24, 2.45) is 0 Å². The Hall–Kier alpha value is -7.62. The monoisotopic (exact) mass is 733 g/mol. The topological polar surface area (TPSA) is 23.0 Å². The van der Waals surface area contributed by atoms with E-state index < -0.39 is 12.1 Å². The van der Waals surface area contributed by atoms with Crippen molar-refractivity contribution in [2.45, 2.75) is 0 Å². The predicted molar refractivity (Wildman–Crippen MR) is 239 cm³/mol. The second-order valence-corrected chi connectivity index (χ2v) is 14.4. The van der Waals surface area contributed by atoms with E-state index in [9.17, 15) is 6.85 Å². The van der Waals surface area contributed by atoms with Gasteiger partial charge in [-0.05, 0) is 106 Å². The minimum absolute atomic E-state index is 0.0958. The molecule has 266 valence electrons. The molecule has 0 aliphatic heterocycles. The first-order valence-electron chi connectivity index (χ1n) is 22.4. The molecule has 0 N–H and O–H groups in total. The van der Waals surface area contributed by atoms with Crippen molar-refractivity contribution in [1.29, 1.82) is 0 Å². The minimum Gasteiger partial charge on any atom is -0.456 e. The smallest absolute Gasteiger partial charge is 0.135 e. The summed E-state index contributed by atoms with van der Waals surface area (Å²) in [7, 11) is 0. The van der Waals surface area contributed by atoms with Gasteiger partial charge in [0.1, 0.15) is 11.2 Å². The molecule has 0 unspecified atom stereocenters. The second kappa shape index (κ2) is 12.5. The summed E-state index contributed by atoms with van der Waals surface area (Å²) in [5.41, 5.74) is 10.0. The quantitative estimate of drug-likeness (QED) is 0.173. The summed E-state index contributed by atoms with van der Waals surface area (Å²) in [5, 5.41) is 3.86. The van der Waals surface area contributed by atoms with Crippen LogP contribution >= 0.6 is 0 Å². The van der Waals surface area contributed by atoms with Crippen LogP contribution in [0.4, 0.5) is 0 Å². The number of para-hydroxylation sites is 2. The third-order valence-corrected chi connectivity index (χ3v) is 11.2. The van der Waals surface area contributed by atoms with Crippen molar-refractivity contribution in [3.8, 4) is 44.8 Å². The van der Waals surface area contributed by atoms with Crippen LogP contribution in [-0.2, 0) is 0 Å². The Bertz CT molecular complexity index is 3930. The van der Waals surface area contributed by atoms with Gasteiger partial charge in [0.2, 0.25) is 0 Å². The highest BCUT2D eigenvalue weighted by atomic mass is 16.3. The highest BCUT2D eigenvalue weighted by Gasteiger charge is 2.19. The Labute approximate surface area is 338 Å². The molecular weight excluding hydrogens is 693 g/mol. The number of rotatable bonds is 5. The summed E-state index contributed by atoms with van der Waals surface area (Å²) in [4.78, 5) is 0. The van der Waals surface area contributed by atoms with E-state index in [1.807, 2.05) is 91.0 Å². The van der Waals surface area contributed by atoms with Crippen LogP contribution in [-0.4, -0.2) is 9.13 Å². The molecule has 12 rings (SSSR count). The van der Waals surface area contributed by atoms with E-state index in [2.05, 4.69) is 71.3 Å². The van der Waals surface area contributed by atoms with Crippen molar-refractivity contribution in [3.05, 3.63) is 206 Å². The summed E-state index contributed by atoms with van der Waals surface area (Å²) in [6.07, 6.45) is 0. The molecule has 0 atom stereocenters. The molecule has 0 radical (unpaired) electrons. The maximum absolute atomic E-state index is 9.98. The fourth-order valence-electron chi connectivity index (χ4n) is 8.59. The zero-order valence-electron chi connectivity index (χ0n) is 37.4. The molecule has 3 nitrogen and oxygen atoms in total. The lowest BCUT2D eigenvalue weighted by molar-refractivity contribution is 0.669. The van der Waals surface area contributed by atoms with Gasteiger partial charge in [0.25, 0.3) is 0 Å². The average molecular weight is 734 g/mol. The average Bonchev–Trinajstić information content (AvgIpc) is 4.01. The van der Waals surface area contributed by atoms with E-state index in [-0.39, 0.29) is 57.6 Å². The highest BCUT2D eigenvalue weighted by molar-refractivity contribution is 6.17. The summed E-state index contributed by atoms with van der Waals surface area (Å²) < 4.78 is 75.3.